The lowest BCUT2D eigenvalue weighted by Crippen LogP contribution is -2.48. The second-order valence-electron chi connectivity index (χ2n) is 3.58. The van der Waals surface area contributed by atoms with Gasteiger partial charge >= 0.3 is 0 Å². The van der Waals surface area contributed by atoms with E-state index in [1.54, 1.807) is 29.6 Å². The maximum atomic E-state index is 6.12. The van der Waals surface area contributed by atoms with Crippen molar-refractivity contribution in [3.05, 3.63) is 50.2 Å². The molecule has 92 valence electrons. The molecule has 1 N–H and O–H groups in total. The van der Waals surface area contributed by atoms with E-state index in [0.29, 0.717) is 20.4 Å². The molecule has 2 aromatic rings. The van der Waals surface area contributed by atoms with Gasteiger partial charge in [0, 0.05) is 10.2 Å². The Hall–Kier alpha value is -1.43. The van der Waals surface area contributed by atoms with Gasteiger partial charge < -0.3 is 0 Å². The van der Waals surface area contributed by atoms with Crippen molar-refractivity contribution in [3.63, 3.8) is 0 Å². The first-order valence-electron chi connectivity index (χ1n) is 4.93. The zero-order chi connectivity index (χ0) is 12.7. The minimum absolute atomic E-state index is 0.519. The van der Waals surface area contributed by atoms with E-state index in [1.165, 1.54) is 11.0 Å². The van der Waals surface area contributed by atoms with Gasteiger partial charge in [-0.25, -0.2) is 0 Å². The number of nitrogens with one attached hydrogen (secondary N) is 1. The molecule has 0 fully saturated rings. The van der Waals surface area contributed by atoms with E-state index in [4.69, 9.17) is 34.8 Å². The number of rotatable bonds is 1. The lowest BCUT2D eigenvalue weighted by Gasteiger charge is -2.21. The molecule has 0 atom stereocenters. The summed E-state index contributed by atoms with van der Waals surface area (Å²) in [7, 11) is 0. The van der Waals surface area contributed by atoms with Gasteiger partial charge in [0.2, 0.25) is 0 Å². The highest BCUT2D eigenvalue weighted by Gasteiger charge is 2.09. The molecule has 1 aromatic carbocycles. The number of hydrazine groups is 1. The number of hydrogen-bond donors (Lipinski definition) is 1. The Morgan fingerprint density at radius 3 is 2.67 bits per heavy atom. The van der Waals surface area contributed by atoms with Gasteiger partial charge in [0.15, 0.2) is 0 Å². The largest absolute Gasteiger partial charge is 0.197 e. The van der Waals surface area contributed by atoms with Crippen molar-refractivity contribution in [2.45, 2.75) is 0 Å². The van der Waals surface area contributed by atoms with Crippen LogP contribution in [-0.2, 0) is 0 Å². The van der Waals surface area contributed by atoms with Gasteiger partial charge in [-0.2, -0.15) is 25.6 Å². The fraction of sp³-hybridized carbons (Fsp3) is 0. The zero-order valence-electron chi connectivity index (χ0n) is 8.81. The fourth-order valence-corrected chi connectivity index (χ4v) is 2.22. The molecule has 0 radical (unpaired) electrons. The topological polar surface area (TPSA) is 45.5 Å². The van der Waals surface area contributed by atoms with Gasteiger partial charge in [0.1, 0.15) is 0 Å². The summed E-state index contributed by atoms with van der Waals surface area (Å²) in [6.07, 6.45) is 4.91. The summed E-state index contributed by atoms with van der Waals surface area (Å²) in [5.74, 6) is 0. The average Bonchev–Trinajstić information content (AvgIpc) is 2.75. The Labute approximate surface area is 117 Å². The second kappa shape index (κ2) is 4.35. The summed E-state index contributed by atoms with van der Waals surface area (Å²) < 4.78 is 0. The first-order valence-corrected chi connectivity index (χ1v) is 6.07. The molecule has 5 nitrogen and oxygen atoms in total. The summed E-state index contributed by atoms with van der Waals surface area (Å²) >= 11 is 17.8. The molecular formula is C10H6Cl3N5. The normalized spacial score (nSPS) is 13.4. The molecule has 1 aliphatic heterocycles. The number of benzene rings is 1. The predicted molar refractivity (Wildman–Crippen MR) is 70.3 cm³/mol. The number of halogens is 3. The van der Waals surface area contributed by atoms with Crippen molar-refractivity contribution in [2.24, 2.45) is 5.10 Å². The van der Waals surface area contributed by atoms with E-state index in [1.807, 2.05) is 0 Å². The van der Waals surface area contributed by atoms with Crippen molar-refractivity contribution < 1.29 is 0 Å². The average molecular weight is 303 g/mol. The number of nitrogens with zero attached hydrogens (tertiary/aromatic N) is 4. The third-order valence-electron chi connectivity index (χ3n) is 2.36. The lowest BCUT2D eigenvalue weighted by atomic mass is 10.3. The molecule has 18 heavy (non-hydrogen) atoms. The molecule has 8 heteroatoms. The summed E-state index contributed by atoms with van der Waals surface area (Å²) in [5, 5.41) is 12.8. The van der Waals surface area contributed by atoms with Crippen molar-refractivity contribution >= 4 is 41.0 Å². The molecule has 0 amide bonds. The van der Waals surface area contributed by atoms with Crippen LogP contribution in [0.5, 0.6) is 0 Å². The van der Waals surface area contributed by atoms with Crippen LogP contribution >= 0.6 is 34.8 Å². The van der Waals surface area contributed by atoms with Crippen molar-refractivity contribution in [3.8, 4) is 0 Å². The molecular weight excluding hydrogens is 297 g/mol. The minimum atomic E-state index is 0.519. The highest BCUT2D eigenvalue weighted by Crippen LogP contribution is 2.10. The molecule has 0 saturated carbocycles. The van der Waals surface area contributed by atoms with E-state index in [9.17, 15) is 0 Å². The van der Waals surface area contributed by atoms with E-state index in [-0.39, 0.29) is 0 Å². The lowest BCUT2D eigenvalue weighted by molar-refractivity contribution is 0.526. The Balaban J connectivity index is 2.13. The summed E-state index contributed by atoms with van der Waals surface area (Å²) in [6.45, 7) is 0. The molecule has 1 aromatic heterocycles. The van der Waals surface area contributed by atoms with Crippen LogP contribution in [0, 0.1) is 0 Å². The van der Waals surface area contributed by atoms with Crippen LogP contribution in [-0.4, -0.2) is 9.89 Å². The molecule has 3 rings (SSSR count). The Morgan fingerprint density at radius 2 is 1.94 bits per heavy atom. The standard InChI is InChI=1S/C10H6Cl3N5/c11-6-1-9(13)8-5-18(16-15-10(8)2-6)17-4-7(12)3-14-17/h1-5,16H. The minimum Gasteiger partial charge on any atom is -0.197 e. The third kappa shape index (κ3) is 2.01. The smallest absolute Gasteiger partial charge is 0.0968 e. The molecule has 0 bridgehead atoms. The maximum absolute atomic E-state index is 6.12. The van der Waals surface area contributed by atoms with Crippen LogP contribution in [0.3, 0.4) is 0 Å². The molecule has 0 spiro atoms. The first-order chi connectivity index (χ1) is 8.63. The van der Waals surface area contributed by atoms with Gasteiger partial charge in [-0.1, -0.05) is 34.8 Å². The molecule has 2 heterocycles. The van der Waals surface area contributed by atoms with Gasteiger partial charge in [-0.3, -0.25) is 0 Å². The highest BCUT2D eigenvalue weighted by atomic mass is 35.5. The predicted octanol–water partition coefficient (Wildman–Crippen LogP) is 1.27. The van der Waals surface area contributed by atoms with Crippen molar-refractivity contribution in [1.29, 1.82) is 0 Å². The maximum Gasteiger partial charge on any atom is 0.0968 e. The van der Waals surface area contributed by atoms with Crippen molar-refractivity contribution in [1.82, 2.24) is 15.4 Å². The van der Waals surface area contributed by atoms with Crippen LogP contribution in [0.15, 0.2) is 29.6 Å². The molecule has 1 aliphatic rings. The monoisotopic (exact) mass is 301 g/mol. The third-order valence-corrected chi connectivity index (χ3v) is 3.08. The summed E-state index contributed by atoms with van der Waals surface area (Å²) in [4.78, 5) is 1.50. The number of fused-ring (bicyclic) bond motifs is 1. The summed E-state index contributed by atoms with van der Waals surface area (Å²) in [6, 6.07) is 3.38. The Kier molecular flexibility index (Phi) is 2.81. The van der Waals surface area contributed by atoms with E-state index in [0.717, 1.165) is 5.22 Å². The second-order valence-corrected chi connectivity index (χ2v) is 4.86. The number of aromatic nitrogens is 2. The summed E-state index contributed by atoms with van der Waals surface area (Å²) in [5.41, 5.74) is 2.79. The van der Waals surface area contributed by atoms with Gasteiger partial charge in [0.05, 0.1) is 34.0 Å². The van der Waals surface area contributed by atoms with Crippen LogP contribution < -0.4 is 21.2 Å². The van der Waals surface area contributed by atoms with Crippen molar-refractivity contribution in [2.75, 3.05) is 5.12 Å². The van der Waals surface area contributed by atoms with Crippen LogP contribution in [0.2, 0.25) is 15.1 Å². The van der Waals surface area contributed by atoms with Gasteiger partial charge in [0.25, 0.3) is 0 Å². The quantitative estimate of drug-likeness (QED) is 0.863. The van der Waals surface area contributed by atoms with Gasteiger partial charge in [-0.05, 0) is 12.1 Å². The zero-order valence-corrected chi connectivity index (χ0v) is 11.1. The molecule has 0 aliphatic carbocycles. The van der Waals surface area contributed by atoms with Crippen LogP contribution in [0.25, 0.3) is 6.20 Å². The first kappa shape index (κ1) is 11.6. The van der Waals surface area contributed by atoms with E-state index >= 15 is 0 Å². The number of hydrogen-bond acceptors (Lipinski definition) is 4. The Morgan fingerprint density at radius 1 is 1.11 bits per heavy atom. The Bertz CT molecular complexity index is 724. The van der Waals surface area contributed by atoms with E-state index in [2.05, 4.69) is 15.7 Å². The van der Waals surface area contributed by atoms with Crippen LogP contribution in [0.1, 0.15) is 0 Å². The van der Waals surface area contributed by atoms with Gasteiger partial charge in [-0.15, -0.1) is 0 Å². The molecule has 0 saturated heterocycles. The SMILES string of the molecule is Clc1cc(Cl)c2c(c1)=NNN(n1cc(Cl)cn1)C=2. The highest BCUT2D eigenvalue weighted by molar-refractivity contribution is 6.34. The fourth-order valence-electron chi connectivity index (χ4n) is 1.56. The van der Waals surface area contributed by atoms with Crippen LogP contribution in [0.4, 0.5) is 0 Å². The molecule has 0 unspecified atom stereocenters. The van der Waals surface area contributed by atoms with E-state index < -0.39 is 0 Å².